The first-order chi connectivity index (χ1) is 2.00. The molecule has 8 heavy (non-hydrogen) atoms. The van der Waals surface area contributed by atoms with Crippen LogP contribution in [0.4, 0.5) is 0 Å². The van der Waals surface area contributed by atoms with Gasteiger partial charge in [0.1, 0.15) is 0 Å². The van der Waals surface area contributed by atoms with Gasteiger partial charge in [0, 0.05) is 10.4 Å². The molecular formula is HBa2O5S+. The number of rotatable bonds is 0. The minimum atomic E-state index is -5.17. The maximum absolute atomic E-state index is 8.52. The smallest absolute Gasteiger partial charge is 0.870 e. The molecule has 0 saturated heterocycles. The van der Waals surface area contributed by atoms with Gasteiger partial charge < -0.3 is 14.6 Å². The molecule has 0 bridgehead atoms. The van der Waals surface area contributed by atoms with Crippen LogP contribution in [0.5, 0.6) is 0 Å². The summed E-state index contributed by atoms with van der Waals surface area (Å²) in [6, 6.07) is 0. The van der Waals surface area contributed by atoms with Crippen LogP contribution < -0.4 is 0 Å². The summed E-state index contributed by atoms with van der Waals surface area (Å²) >= 11 is 0. The Morgan fingerprint density at radius 3 is 1.00 bits per heavy atom. The van der Waals surface area contributed by atoms with E-state index in [9.17, 15) is 0 Å². The van der Waals surface area contributed by atoms with Gasteiger partial charge in [-0.2, -0.15) is 0 Å². The Kier molecular flexibility index (Phi) is 28.0. The van der Waals surface area contributed by atoms with Crippen LogP contribution in [0.1, 0.15) is 0 Å². The second-order valence-electron chi connectivity index (χ2n) is 0.408. The summed E-state index contributed by atoms with van der Waals surface area (Å²) in [6.45, 7) is 0. The van der Waals surface area contributed by atoms with Gasteiger partial charge in [0.05, 0.1) is 0 Å². The predicted molar refractivity (Wildman–Crippen MR) is 23.9 cm³/mol. The van der Waals surface area contributed by atoms with Crippen molar-refractivity contribution in [1.82, 2.24) is 0 Å². The van der Waals surface area contributed by atoms with Crippen molar-refractivity contribution < 1.29 is 23.0 Å². The van der Waals surface area contributed by atoms with Crippen molar-refractivity contribution >= 4 is 108 Å². The SMILES string of the molecule is O=S(=O)([O-])[O-].[Ba+2].[Ba+2].[OH-]. The van der Waals surface area contributed by atoms with Gasteiger partial charge in [0.15, 0.2) is 0 Å². The molecule has 0 saturated carbocycles. The first-order valence-electron chi connectivity index (χ1n) is 0.667. The molecule has 1 N–H and O–H groups in total. The number of hydrogen-bond acceptors (Lipinski definition) is 5. The summed E-state index contributed by atoms with van der Waals surface area (Å²) in [5.41, 5.74) is 0. The fourth-order valence-corrected chi connectivity index (χ4v) is 0. The van der Waals surface area contributed by atoms with E-state index in [0.717, 1.165) is 0 Å². The van der Waals surface area contributed by atoms with Crippen LogP contribution in [0.15, 0.2) is 0 Å². The van der Waals surface area contributed by atoms with Crippen molar-refractivity contribution in [3.8, 4) is 0 Å². The van der Waals surface area contributed by atoms with Gasteiger partial charge in [0.25, 0.3) is 0 Å². The summed E-state index contributed by atoms with van der Waals surface area (Å²) in [5.74, 6) is 0. The van der Waals surface area contributed by atoms with E-state index < -0.39 is 10.4 Å². The van der Waals surface area contributed by atoms with E-state index in [-0.39, 0.29) is 103 Å². The van der Waals surface area contributed by atoms with E-state index >= 15 is 0 Å². The van der Waals surface area contributed by atoms with Gasteiger partial charge in [-0.3, -0.25) is 8.42 Å². The van der Waals surface area contributed by atoms with E-state index in [1.54, 1.807) is 0 Å². The standard InChI is InChI=1S/2Ba.H2O4S.H2O/c;;1-5(2,3)4;/h;;(H2,1,2,3,4);1H2/q2*+2;;/p-3. The summed E-state index contributed by atoms with van der Waals surface area (Å²) in [4.78, 5) is 0. The van der Waals surface area contributed by atoms with Crippen molar-refractivity contribution in [3.05, 3.63) is 0 Å². The third-order valence-electron chi connectivity index (χ3n) is 0. The Hall–Kier alpha value is 2.97. The Morgan fingerprint density at radius 2 is 1.00 bits per heavy atom. The maximum Gasteiger partial charge on any atom is 2.00 e. The number of hydrogen-bond donors (Lipinski definition) is 0. The summed E-state index contributed by atoms with van der Waals surface area (Å²) < 4.78 is 34.1. The zero-order chi connectivity index (χ0) is 4.50. The molecule has 0 fully saturated rings. The first-order valence-corrected chi connectivity index (χ1v) is 2.00. The average Bonchev–Trinajstić information content (AvgIpc) is 0.722. The van der Waals surface area contributed by atoms with Gasteiger partial charge in [-0.1, -0.05) is 0 Å². The fraction of sp³-hybridized carbons (Fsp3) is 0. The van der Waals surface area contributed by atoms with Crippen molar-refractivity contribution in [2.75, 3.05) is 0 Å². The third-order valence-corrected chi connectivity index (χ3v) is 0. The van der Waals surface area contributed by atoms with Gasteiger partial charge in [-0.15, -0.1) is 0 Å². The van der Waals surface area contributed by atoms with Gasteiger partial charge in [-0.25, -0.2) is 0 Å². The Labute approximate surface area is 128 Å². The van der Waals surface area contributed by atoms with Gasteiger partial charge >= 0.3 is 97.8 Å². The molecule has 0 aromatic carbocycles. The fourth-order valence-electron chi connectivity index (χ4n) is 0. The molecule has 0 aromatic rings. The summed E-state index contributed by atoms with van der Waals surface area (Å²) in [6.07, 6.45) is 0. The quantitative estimate of drug-likeness (QED) is 0.264. The van der Waals surface area contributed by atoms with Gasteiger partial charge in [0.2, 0.25) is 0 Å². The first kappa shape index (κ1) is 22.4. The third kappa shape index (κ3) is 64.5. The van der Waals surface area contributed by atoms with Crippen LogP contribution in [0, 0.1) is 0 Å². The Balaban J connectivity index is -0.0000000267. The van der Waals surface area contributed by atoms with Crippen molar-refractivity contribution in [1.29, 1.82) is 0 Å². The molecule has 0 unspecified atom stereocenters. The summed E-state index contributed by atoms with van der Waals surface area (Å²) in [5, 5.41) is 0. The zero-order valence-corrected chi connectivity index (χ0v) is 13.6. The maximum atomic E-state index is 8.52. The van der Waals surface area contributed by atoms with Crippen LogP contribution >= 0.6 is 0 Å². The van der Waals surface area contributed by atoms with Crippen LogP contribution in [0.25, 0.3) is 0 Å². The molecule has 0 amide bonds. The van der Waals surface area contributed by atoms with E-state index in [2.05, 4.69) is 0 Å². The van der Waals surface area contributed by atoms with Crippen molar-refractivity contribution in [2.24, 2.45) is 0 Å². The molecule has 0 rings (SSSR count). The molecule has 0 radical (unpaired) electrons. The molecule has 5 nitrogen and oxygen atoms in total. The van der Waals surface area contributed by atoms with E-state index in [1.165, 1.54) is 0 Å². The molecule has 0 aliphatic heterocycles. The average molecular weight is 388 g/mol. The van der Waals surface area contributed by atoms with E-state index in [4.69, 9.17) is 17.5 Å². The molecular weight excluding hydrogens is 387 g/mol. The molecule has 0 heterocycles. The largest absolute Gasteiger partial charge is 2.00 e. The van der Waals surface area contributed by atoms with Crippen LogP contribution in [0.2, 0.25) is 0 Å². The normalized spacial score (nSPS) is 7.25. The molecule has 0 atom stereocenters. The predicted octanol–water partition coefficient (Wildman–Crippen LogP) is -2.28. The minimum Gasteiger partial charge on any atom is -0.870 e. The Bertz CT molecular complexity index is 93.6. The van der Waals surface area contributed by atoms with Crippen LogP contribution in [-0.4, -0.2) is 121 Å². The molecule has 40 valence electrons. The molecule has 0 spiro atoms. The minimum absolute atomic E-state index is 0. The molecule has 0 aromatic heterocycles. The molecule has 8 heteroatoms. The molecule has 0 aliphatic rings. The topological polar surface area (TPSA) is 110 Å². The molecule has 0 aliphatic carbocycles. The monoisotopic (exact) mass is 389 g/mol. The van der Waals surface area contributed by atoms with Crippen molar-refractivity contribution in [3.63, 3.8) is 0 Å². The Morgan fingerprint density at radius 1 is 1.00 bits per heavy atom. The van der Waals surface area contributed by atoms with E-state index in [0.29, 0.717) is 0 Å². The van der Waals surface area contributed by atoms with Crippen LogP contribution in [-0.2, 0) is 10.4 Å². The summed E-state index contributed by atoms with van der Waals surface area (Å²) in [7, 11) is -5.17. The van der Waals surface area contributed by atoms with Crippen molar-refractivity contribution in [2.45, 2.75) is 0 Å². The van der Waals surface area contributed by atoms with Gasteiger partial charge in [-0.05, 0) is 0 Å². The second kappa shape index (κ2) is 9.97. The second-order valence-corrected chi connectivity index (χ2v) is 1.22. The van der Waals surface area contributed by atoms with Crippen LogP contribution in [0.3, 0.4) is 0 Å². The zero-order valence-electron chi connectivity index (χ0n) is 3.90. The van der Waals surface area contributed by atoms with E-state index in [1.807, 2.05) is 0 Å².